The first-order chi connectivity index (χ1) is 13.1. The van der Waals surface area contributed by atoms with Crippen molar-refractivity contribution in [3.63, 3.8) is 0 Å². The Labute approximate surface area is 157 Å². The fourth-order valence-electron chi connectivity index (χ4n) is 2.57. The average molecular weight is 386 g/mol. The monoisotopic (exact) mass is 385 g/mol. The molecule has 1 N–H and O–H groups in total. The summed E-state index contributed by atoms with van der Waals surface area (Å²) >= 11 is 5.86. The van der Waals surface area contributed by atoms with E-state index in [9.17, 15) is 9.18 Å². The van der Waals surface area contributed by atoms with E-state index >= 15 is 0 Å². The Kier molecular flexibility index (Phi) is 4.60. The average Bonchev–Trinajstić information content (AvgIpc) is 3.29. The molecule has 0 aliphatic carbocycles. The van der Waals surface area contributed by atoms with Gasteiger partial charge in [-0.3, -0.25) is 4.79 Å². The highest BCUT2D eigenvalue weighted by Gasteiger charge is 2.13. The second kappa shape index (κ2) is 7.20. The molecule has 8 heteroatoms. The van der Waals surface area contributed by atoms with Gasteiger partial charge in [-0.1, -0.05) is 16.8 Å². The van der Waals surface area contributed by atoms with E-state index in [1.807, 2.05) is 0 Å². The lowest BCUT2D eigenvalue weighted by atomic mass is 10.2. The van der Waals surface area contributed by atoms with Crippen molar-refractivity contribution in [3.05, 3.63) is 71.0 Å². The number of halogens is 2. The van der Waals surface area contributed by atoms with Crippen molar-refractivity contribution >= 4 is 28.5 Å². The zero-order valence-electron chi connectivity index (χ0n) is 13.9. The number of amides is 1. The summed E-state index contributed by atoms with van der Waals surface area (Å²) < 4.78 is 23.8. The molecule has 2 aromatic heterocycles. The van der Waals surface area contributed by atoms with Crippen LogP contribution >= 0.6 is 11.6 Å². The second-order valence-corrected chi connectivity index (χ2v) is 6.25. The van der Waals surface area contributed by atoms with Crippen molar-refractivity contribution in [2.45, 2.75) is 6.42 Å². The van der Waals surface area contributed by atoms with Gasteiger partial charge in [0.25, 0.3) is 5.91 Å². The van der Waals surface area contributed by atoms with Gasteiger partial charge in [-0.05, 0) is 48.5 Å². The van der Waals surface area contributed by atoms with Gasteiger partial charge in [0.05, 0.1) is 0 Å². The number of rotatable bonds is 5. The molecule has 0 atom stereocenters. The molecule has 6 nitrogen and oxygen atoms in total. The van der Waals surface area contributed by atoms with E-state index in [-0.39, 0.29) is 18.1 Å². The Morgan fingerprint density at radius 3 is 2.78 bits per heavy atom. The molecule has 27 heavy (non-hydrogen) atoms. The molecule has 0 saturated heterocycles. The van der Waals surface area contributed by atoms with Crippen LogP contribution in [0.4, 0.5) is 4.39 Å². The summed E-state index contributed by atoms with van der Waals surface area (Å²) in [5.41, 5.74) is 1.24. The number of hydrogen-bond acceptors (Lipinski definition) is 5. The molecule has 0 aliphatic rings. The molecular formula is C19H13ClFN3O3. The van der Waals surface area contributed by atoms with Crippen LogP contribution in [0.25, 0.3) is 22.4 Å². The third-order valence-electron chi connectivity index (χ3n) is 3.90. The number of furan rings is 1. The molecule has 2 heterocycles. The Morgan fingerprint density at radius 1 is 1.15 bits per heavy atom. The maximum Gasteiger partial charge on any atom is 0.287 e. The highest BCUT2D eigenvalue weighted by atomic mass is 35.5. The third-order valence-corrected chi connectivity index (χ3v) is 4.15. The molecule has 0 spiro atoms. The molecule has 0 unspecified atom stereocenters. The Hall–Kier alpha value is -3.19. The van der Waals surface area contributed by atoms with Gasteiger partial charge in [-0.15, -0.1) is 0 Å². The zero-order chi connectivity index (χ0) is 18.8. The minimum Gasteiger partial charge on any atom is -0.451 e. The summed E-state index contributed by atoms with van der Waals surface area (Å²) in [4.78, 5) is 16.5. The number of hydrogen-bond donors (Lipinski definition) is 1. The van der Waals surface area contributed by atoms with E-state index in [0.29, 0.717) is 34.1 Å². The van der Waals surface area contributed by atoms with E-state index < -0.39 is 5.91 Å². The molecule has 4 rings (SSSR count). The van der Waals surface area contributed by atoms with Gasteiger partial charge in [0.1, 0.15) is 11.4 Å². The summed E-state index contributed by atoms with van der Waals surface area (Å²) in [5, 5.41) is 7.78. The summed E-state index contributed by atoms with van der Waals surface area (Å²) in [7, 11) is 0. The van der Waals surface area contributed by atoms with Crippen molar-refractivity contribution in [2.75, 3.05) is 6.54 Å². The minimum absolute atomic E-state index is 0.114. The molecule has 0 radical (unpaired) electrons. The first-order valence-corrected chi connectivity index (χ1v) is 8.52. The van der Waals surface area contributed by atoms with Gasteiger partial charge in [-0.25, -0.2) is 4.39 Å². The minimum atomic E-state index is -0.399. The first kappa shape index (κ1) is 17.2. The van der Waals surface area contributed by atoms with Gasteiger partial charge in [0.2, 0.25) is 11.7 Å². The maximum absolute atomic E-state index is 13.2. The second-order valence-electron chi connectivity index (χ2n) is 5.82. The smallest absolute Gasteiger partial charge is 0.287 e. The predicted molar refractivity (Wildman–Crippen MR) is 97.0 cm³/mol. The van der Waals surface area contributed by atoms with Crippen LogP contribution in [-0.2, 0) is 6.42 Å². The number of carbonyl (C=O) groups is 1. The van der Waals surface area contributed by atoms with Crippen LogP contribution in [-0.4, -0.2) is 22.6 Å². The quantitative estimate of drug-likeness (QED) is 0.555. The predicted octanol–water partition coefficient (Wildman–Crippen LogP) is 4.25. The Bertz CT molecular complexity index is 1110. The molecule has 4 aromatic rings. The fourth-order valence-corrected chi connectivity index (χ4v) is 2.69. The van der Waals surface area contributed by atoms with Crippen LogP contribution in [0.15, 0.2) is 57.5 Å². The molecule has 0 bridgehead atoms. The van der Waals surface area contributed by atoms with Crippen molar-refractivity contribution < 1.29 is 18.1 Å². The van der Waals surface area contributed by atoms with Crippen LogP contribution in [0.3, 0.4) is 0 Å². The van der Waals surface area contributed by atoms with Crippen LogP contribution < -0.4 is 5.32 Å². The fraction of sp³-hybridized carbons (Fsp3) is 0.105. The van der Waals surface area contributed by atoms with Crippen LogP contribution in [0.1, 0.15) is 16.4 Å². The third kappa shape index (κ3) is 3.83. The summed E-state index contributed by atoms with van der Waals surface area (Å²) in [6.45, 7) is 0.284. The SMILES string of the molecule is O=C(NCCc1nc(-c2ccc(Cl)cc2)no1)c1cc2cc(F)ccc2o1. The van der Waals surface area contributed by atoms with Gasteiger partial charge >= 0.3 is 0 Å². The largest absolute Gasteiger partial charge is 0.451 e. The highest BCUT2D eigenvalue weighted by molar-refractivity contribution is 6.30. The highest BCUT2D eigenvalue weighted by Crippen LogP contribution is 2.21. The van der Waals surface area contributed by atoms with Gasteiger partial charge in [0.15, 0.2) is 5.76 Å². The standard InChI is InChI=1S/C19H13ClFN3O3/c20-13-3-1-11(2-4-13)18-23-17(27-24-18)7-8-22-19(25)16-10-12-9-14(21)5-6-15(12)26-16/h1-6,9-10H,7-8H2,(H,22,25). The van der Waals surface area contributed by atoms with Crippen LogP contribution in [0.2, 0.25) is 5.02 Å². The topological polar surface area (TPSA) is 81.2 Å². The van der Waals surface area contributed by atoms with E-state index in [1.165, 1.54) is 24.3 Å². The normalized spacial score (nSPS) is 11.0. The van der Waals surface area contributed by atoms with E-state index in [1.54, 1.807) is 24.3 Å². The Balaban J connectivity index is 1.36. The van der Waals surface area contributed by atoms with Gasteiger partial charge in [-0.2, -0.15) is 4.98 Å². The van der Waals surface area contributed by atoms with Crippen LogP contribution in [0.5, 0.6) is 0 Å². The van der Waals surface area contributed by atoms with E-state index in [2.05, 4.69) is 15.5 Å². The van der Waals surface area contributed by atoms with Crippen molar-refractivity contribution in [3.8, 4) is 11.4 Å². The first-order valence-electron chi connectivity index (χ1n) is 8.14. The summed E-state index contributed by atoms with van der Waals surface area (Å²) in [5.74, 6) is 0.175. The molecule has 0 aliphatic heterocycles. The van der Waals surface area contributed by atoms with Gasteiger partial charge in [0, 0.05) is 28.9 Å². The number of carbonyl (C=O) groups excluding carboxylic acids is 1. The lowest BCUT2D eigenvalue weighted by molar-refractivity contribution is 0.0928. The molecular weight excluding hydrogens is 373 g/mol. The number of nitrogens with zero attached hydrogens (tertiary/aromatic N) is 2. The number of nitrogens with one attached hydrogen (secondary N) is 1. The van der Waals surface area contributed by atoms with Gasteiger partial charge < -0.3 is 14.3 Å². The van der Waals surface area contributed by atoms with Crippen molar-refractivity contribution in [1.29, 1.82) is 0 Å². The van der Waals surface area contributed by atoms with Crippen molar-refractivity contribution in [1.82, 2.24) is 15.5 Å². The van der Waals surface area contributed by atoms with E-state index in [4.69, 9.17) is 20.5 Å². The zero-order valence-corrected chi connectivity index (χ0v) is 14.7. The van der Waals surface area contributed by atoms with E-state index in [0.717, 1.165) is 5.56 Å². The van der Waals surface area contributed by atoms with Crippen molar-refractivity contribution in [2.24, 2.45) is 0 Å². The summed E-state index contributed by atoms with van der Waals surface area (Å²) in [6, 6.07) is 12.6. The summed E-state index contributed by atoms with van der Waals surface area (Å²) in [6.07, 6.45) is 0.362. The molecule has 1 amide bonds. The maximum atomic E-state index is 13.2. The lowest BCUT2D eigenvalue weighted by Gasteiger charge is -1.99. The number of fused-ring (bicyclic) bond motifs is 1. The molecule has 2 aromatic carbocycles. The molecule has 0 saturated carbocycles. The van der Waals surface area contributed by atoms with Crippen LogP contribution in [0, 0.1) is 5.82 Å². The number of benzene rings is 2. The molecule has 136 valence electrons. The molecule has 0 fully saturated rings. The Morgan fingerprint density at radius 2 is 1.96 bits per heavy atom. The number of aromatic nitrogens is 2. The lowest BCUT2D eigenvalue weighted by Crippen LogP contribution is -2.25.